The first-order valence-electron chi connectivity index (χ1n) is 7.09. The molecule has 0 saturated carbocycles. The summed E-state index contributed by atoms with van der Waals surface area (Å²) in [6.07, 6.45) is 2.43. The van der Waals surface area contributed by atoms with E-state index in [1.165, 1.54) is 0 Å². The van der Waals surface area contributed by atoms with E-state index < -0.39 is 9.84 Å². The summed E-state index contributed by atoms with van der Waals surface area (Å²) >= 11 is 0. The molecule has 0 spiro atoms. The summed E-state index contributed by atoms with van der Waals surface area (Å²) in [5.74, 6) is 0.496. The molecule has 0 aromatic heterocycles. The van der Waals surface area contributed by atoms with Crippen molar-refractivity contribution in [2.75, 3.05) is 37.8 Å². The van der Waals surface area contributed by atoms with Crippen LogP contribution in [-0.2, 0) is 19.4 Å². The zero-order chi connectivity index (χ0) is 13.9. The number of amides is 1. The molecule has 6 heteroatoms. The molecular weight excluding hydrogens is 266 g/mol. The zero-order valence-corrected chi connectivity index (χ0v) is 12.3. The number of carbonyl (C=O) groups excluding carboxylic acids is 1. The number of rotatable bonds is 4. The molecule has 5 nitrogen and oxygen atoms in total. The van der Waals surface area contributed by atoms with Crippen molar-refractivity contribution in [1.82, 2.24) is 4.90 Å². The van der Waals surface area contributed by atoms with Crippen LogP contribution in [0.1, 0.15) is 26.2 Å². The van der Waals surface area contributed by atoms with Gasteiger partial charge in [0.2, 0.25) is 5.91 Å². The number of nitrogens with zero attached hydrogens (tertiary/aromatic N) is 1. The van der Waals surface area contributed by atoms with Crippen LogP contribution in [-0.4, -0.2) is 57.0 Å². The maximum Gasteiger partial charge on any atom is 0.226 e. The highest BCUT2D eigenvalue weighted by molar-refractivity contribution is 7.91. The molecule has 1 amide bonds. The van der Waals surface area contributed by atoms with Gasteiger partial charge in [0, 0.05) is 26.3 Å². The molecule has 2 aliphatic heterocycles. The van der Waals surface area contributed by atoms with Crippen LogP contribution in [0.25, 0.3) is 0 Å². The average molecular weight is 289 g/mol. The van der Waals surface area contributed by atoms with Crippen LogP contribution >= 0.6 is 0 Å². The third-order valence-corrected chi connectivity index (χ3v) is 5.83. The number of carbonyl (C=O) groups is 1. The highest BCUT2D eigenvalue weighted by Gasteiger charge is 2.36. The van der Waals surface area contributed by atoms with Crippen molar-refractivity contribution in [3.05, 3.63) is 0 Å². The van der Waals surface area contributed by atoms with Crippen LogP contribution in [0.15, 0.2) is 0 Å². The lowest BCUT2D eigenvalue weighted by molar-refractivity contribution is -0.136. The molecule has 2 saturated heterocycles. The van der Waals surface area contributed by atoms with E-state index in [1.54, 1.807) is 0 Å². The highest BCUT2D eigenvalue weighted by atomic mass is 32.2. The Balaban J connectivity index is 1.80. The lowest BCUT2D eigenvalue weighted by atomic mass is 9.96. The molecule has 1 atom stereocenters. The topological polar surface area (TPSA) is 63.7 Å². The minimum atomic E-state index is -2.97. The lowest BCUT2D eigenvalue weighted by Gasteiger charge is -2.33. The maximum absolute atomic E-state index is 12.2. The lowest BCUT2D eigenvalue weighted by Crippen LogP contribution is -2.42. The van der Waals surface area contributed by atoms with Gasteiger partial charge < -0.3 is 9.64 Å². The minimum Gasteiger partial charge on any atom is -0.381 e. The highest BCUT2D eigenvalue weighted by Crippen LogP contribution is 2.24. The van der Waals surface area contributed by atoms with Crippen LogP contribution in [0.5, 0.6) is 0 Å². The Morgan fingerprint density at radius 3 is 2.47 bits per heavy atom. The molecule has 0 unspecified atom stereocenters. The average Bonchev–Trinajstić information content (AvgIpc) is 2.76. The first kappa shape index (κ1) is 14.8. The van der Waals surface area contributed by atoms with Gasteiger partial charge in [-0.15, -0.1) is 0 Å². The van der Waals surface area contributed by atoms with Crippen LogP contribution in [0.2, 0.25) is 0 Å². The van der Waals surface area contributed by atoms with Crippen LogP contribution in [0.4, 0.5) is 0 Å². The Kier molecular flexibility index (Phi) is 4.84. The molecular formula is C13H23NO4S. The molecule has 2 heterocycles. The molecule has 0 aliphatic carbocycles. The van der Waals surface area contributed by atoms with Crippen molar-refractivity contribution < 1.29 is 17.9 Å². The Hall–Kier alpha value is -0.620. The third-order valence-electron chi connectivity index (χ3n) is 4.07. The monoisotopic (exact) mass is 289 g/mol. The van der Waals surface area contributed by atoms with Crippen molar-refractivity contribution >= 4 is 15.7 Å². The van der Waals surface area contributed by atoms with E-state index in [4.69, 9.17) is 4.74 Å². The summed E-state index contributed by atoms with van der Waals surface area (Å²) in [4.78, 5) is 14.1. The van der Waals surface area contributed by atoms with E-state index >= 15 is 0 Å². The summed E-state index contributed by atoms with van der Waals surface area (Å²) in [5.41, 5.74) is 0. The SMILES string of the molecule is CCOCC1CCN(C(=O)[C@H]2CCS(=O)(=O)C2)CC1. The fraction of sp³-hybridized carbons (Fsp3) is 0.923. The Morgan fingerprint density at radius 1 is 1.26 bits per heavy atom. The van der Waals surface area contributed by atoms with E-state index in [0.29, 0.717) is 12.3 Å². The summed E-state index contributed by atoms with van der Waals surface area (Å²) in [5, 5.41) is 0. The predicted octanol–water partition coefficient (Wildman–Crippen LogP) is 0.696. The molecule has 19 heavy (non-hydrogen) atoms. The van der Waals surface area contributed by atoms with Gasteiger partial charge >= 0.3 is 0 Å². The van der Waals surface area contributed by atoms with Gasteiger partial charge in [-0.2, -0.15) is 0 Å². The molecule has 0 bridgehead atoms. The third kappa shape index (κ3) is 3.92. The number of hydrogen-bond acceptors (Lipinski definition) is 4. The maximum atomic E-state index is 12.2. The molecule has 2 rings (SSSR count). The quantitative estimate of drug-likeness (QED) is 0.764. The fourth-order valence-corrected chi connectivity index (χ4v) is 4.59. The van der Waals surface area contributed by atoms with E-state index in [2.05, 4.69) is 0 Å². The Bertz CT molecular complexity index is 412. The Morgan fingerprint density at radius 2 is 1.95 bits per heavy atom. The molecule has 2 fully saturated rings. The van der Waals surface area contributed by atoms with Gasteiger partial charge in [-0.25, -0.2) is 8.42 Å². The van der Waals surface area contributed by atoms with Gasteiger partial charge in [-0.05, 0) is 32.1 Å². The van der Waals surface area contributed by atoms with Crippen molar-refractivity contribution in [2.24, 2.45) is 11.8 Å². The molecule has 110 valence electrons. The van der Waals surface area contributed by atoms with E-state index in [9.17, 15) is 13.2 Å². The van der Waals surface area contributed by atoms with Gasteiger partial charge in [0.1, 0.15) is 0 Å². The largest absolute Gasteiger partial charge is 0.381 e. The second-order valence-corrected chi connectivity index (χ2v) is 7.76. The first-order chi connectivity index (χ1) is 9.02. The van der Waals surface area contributed by atoms with Crippen molar-refractivity contribution in [3.8, 4) is 0 Å². The zero-order valence-electron chi connectivity index (χ0n) is 11.5. The number of hydrogen-bond donors (Lipinski definition) is 0. The number of sulfone groups is 1. The minimum absolute atomic E-state index is 0.0379. The normalized spacial score (nSPS) is 27.6. The first-order valence-corrected chi connectivity index (χ1v) is 8.91. The smallest absolute Gasteiger partial charge is 0.226 e. The van der Waals surface area contributed by atoms with E-state index in [-0.39, 0.29) is 23.3 Å². The summed E-state index contributed by atoms with van der Waals surface area (Å²) < 4.78 is 28.2. The molecule has 0 radical (unpaired) electrons. The van der Waals surface area contributed by atoms with Crippen LogP contribution in [0.3, 0.4) is 0 Å². The van der Waals surface area contributed by atoms with Crippen molar-refractivity contribution in [3.63, 3.8) is 0 Å². The van der Waals surface area contributed by atoms with Crippen LogP contribution < -0.4 is 0 Å². The summed E-state index contributed by atoms with van der Waals surface area (Å²) in [6.45, 7) is 4.98. The number of likely N-dealkylation sites (tertiary alicyclic amines) is 1. The molecule has 0 aromatic carbocycles. The standard InChI is InChI=1S/C13H23NO4S/c1-2-18-9-11-3-6-14(7-4-11)13(15)12-5-8-19(16,17)10-12/h11-12H,2-10H2,1H3/t12-/m0/s1. The molecule has 0 N–H and O–H groups in total. The Labute approximate surface area is 115 Å². The second kappa shape index (κ2) is 6.22. The molecule has 2 aliphatic rings. The van der Waals surface area contributed by atoms with E-state index in [0.717, 1.165) is 39.1 Å². The van der Waals surface area contributed by atoms with E-state index in [1.807, 2.05) is 11.8 Å². The van der Waals surface area contributed by atoms with Gasteiger partial charge in [-0.1, -0.05) is 0 Å². The van der Waals surface area contributed by atoms with Gasteiger partial charge in [0.05, 0.1) is 17.4 Å². The summed E-state index contributed by atoms with van der Waals surface area (Å²) in [6, 6.07) is 0. The second-order valence-electron chi connectivity index (χ2n) is 5.53. The van der Waals surface area contributed by atoms with Gasteiger partial charge in [0.15, 0.2) is 9.84 Å². The van der Waals surface area contributed by atoms with Gasteiger partial charge in [0.25, 0.3) is 0 Å². The van der Waals surface area contributed by atoms with Gasteiger partial charge in [-0.3, -0.25) is 4.79 Å². The summed E-state index contributed by atoms with van der Waals surface area (Å²) in [7, 11) is -2.97. The number of piperidine rings is 1. The molecule has 0 aromatic rings. The van der Waals surface area contributed by atoms with Crippen molar-refractivity contribution in [2.45, 2.75) is 26.2 Å². The predicted molar refractivity (Wildman–Crippen MR) is 72.6 cm³/mol. The van der Waals surface area contributed by atoms with Crippen molar-refractivity contribution in [1.29, 1.82) is 0 Å². The fourth-order valence-electron chi connectivity index (χ4n) is 2.85. The number of ether oxygens (including phenoxy) is 1. The van der Waals surface area contributed by atoms with Crippen LogP contribution in [0, 0.1) is 11.8 Å².